The zero-order valence-corrected chi connectivity index (χ0v) is 18.1. The Morgan fingerprint density at radius 3 is 2.52 bits per heavy atom. The Labute approximate surface area is 191 Å². The minimum atomic E-state index is -0.531. The second-order valence-electron chi connectivity index (χ2n) is 7.77. The number of hydrogen-bond acceptors (Lipinski definition) is 5. The molecule has 33 heavy (non-hydrogen) atoms. The molecule has 2 heterocycles. The molecule has 0 saturated carbocycles. The van der Waals surface area contributed by atoms with Crippen molar-refractivity contribution in [1.29, 1.82) is 0 Å². The number of pyridine rings is 1. The summed E-state index contributed by atoms with van der Waals surface area (Å²) in [5.74, 6) is -0.748. The molecule has 0 atom stereocenters. The van der Waals surface area contributed by atoms with E-state index in [1.165, 1.54) is 6.07 Å². The van der Waals surface area contributed by atoms with Crippen molar-refractivity contribution in [3.05, 3.63) is 89.5 Å². The highest BCUT2D eigenvalue weighted by Gasteiger charge is 2.23. The predicted octanol–water partition coefficient (Wildman–Crippen LogP) is 4.50. The van der Waals surface area contributed by atoms with Gasteiger partial charge in [-0.2, -0.15) is 0 Å². The lowest BCUT2D eigenvalue weighted by Gasteiger charge is -2.21. The second-order valence-corrected chi connectivity index (χ2v) is 7.77. The van der Waals surface area contributed by atoms with Gasteiger partial charge in [0.05, 0.1) is 11.3 Å². The molecule has 170 valence electrons. The van der Waals surface area contributed by atoms with Gasteiger partial charge in [-0.15, -0.1) is 0 Å². The third-order valence-corrected chi connectivity index (χ3v) is 5.40. The second kappa shape index (κ2) is 10.6. The molecule has 7 nitrogen and oxygen atoms in total. The zero-order valence-electron chi connectivity index (χ0n) is 18.1. The molecule has 1 aliphatic rings. The maximum Gasteiger partial charge on any atom is 0.407 e. The monoisotopic (exact) mass is 448 g/mol. The van der Waals surface area contributed by atoms with Crippen LogP contribution in [0.25, 0.3) is 0 Å². The third kappa shape index (κ3) is 5.85. The van der Waals surface area contributed by atoms with Gasteiger partial charge in [0, 0.05) is 43.3 Å². The molecule has 2 amide bonds. The molecule has 0 unspecified atom stereocenters. The van der Waals surface area contributed by atoms with E-state index >= 15 is 0 Å². The molecule has 8 heteroatoms. The van der Waals surface area contributed by atoms with Crippen molar-refractivity contribution < 1.29 is 18.7 Å². The minimum Gasteiger partial charge on any atom is -0.445 e. The van der Waals surface area contributed by atoms with Gasteiger partial charge in [0.25, 0.3) is 5.91 Å². The number of para-hydroxylation sites is 1. The van der Waals surface area contributed by atoms with Crippen molar-refractivity contribution in [3.8, 4) is 0 Å². The van der Waals surface area contributed by atoms with E-state index in [-0.39, 0.29) is 24.9 Å². The standard InChI is InChI=1S/C25H25FN4O3/c26-22-7-3-6-21(23(22)30-13-1-2-14-30)24(31)29-20-10-8-18(9-11-20)16-28-25(32)33-17-19-5-4-12-27-15-19/h3-12,15H,1-2,13-14,16-17H2,(H,28,32)(H,29,31). The zero-order chi connectivity index (χ0) is 23.0. The number of rotatable bonds is 7. The lowest BCUT2D eigenvalue weighted by atomic mass is 10.1. The molecular formula is C25H25FN4O3. The van der Waals surface area contributed by atoms with Gasteiger partial charge < -0.3 is 20.3 Å². The lowest BCUT2D eigenvalue weighted by molar-refractivity contribution is 0.102. The Morgan fingerprint density at radius 1 is 1.00 bits per heavy atom. The van der Waals surface area contributed by atoms with E-state index in [0.29, 0.717) is 16.9 Å². The Balaban J connectivity index is 1.31. The molecule has 0 spiro atoms. The van der Waals surface area contributed by atoms with Crippen molar-refractivity contribution in [2.24, 2.45) is 0 Å². The number of aromatic nitrogens is 1. The van der Waals surface area contributed by atoms with Gasteiger partial charge in [0.2, 0.25) is 0 Å². The van der Waals surface area contributed by atoms with E-state index in [0.717, 1.165) is 37.1 Å². The molecule has 0 bridgehead atoms. The van der Waals surface area contributed by atoms with Crippen LogP contribution in [-0.2, 0) is 17.9 Å². The first-order valence-electron chi connectivity index (χ1n) is 10.8. The van der Waals surface area contributed by atoms with Crippen molar-refractivity contribution >= 4 is 23.4 Å². The number of amides is 2. The van der Waals surface area contributed by atoms with Crippen molar-refractivity contribution in [1.82, 2.24) is 10.3 Å². The number of halogens is 1. The summed E-state index contributed by atoms with van der Waals surface area (Å²) in [5, 5.41) is 5.51. The smallest absolute Gasteiger partial charge is 0.407 e. The van der Waals surface area contributed by atoms with Crippen molar-refractivity contribution in [2.45, 2.75) is 26.0 Å². The molecule has 2 N–H and O–H groups in total. The molecular weight excluding hydrogens is 423 g/mol. The van der Waals surface area contributed by atoms with Crippen LogP contribution in [0.3, 0.4) is 0 Å². The van der Waals surface area contributed by atoms with Crippen LogP contribution < -0.4 is 15.5 Å². The van der Waals surface area contributed by atoms with Gasteiger partial charge in [-0.3, -0.25) is 9.78 Å². The normalized spacial score (nSPS) is 12.9. The fraction of sp³-hybridized carbons (Fsp3) is 0.240. The number of ether oxygens (including phenoxy) is 1. The molecule has 0 radical (unpaired) electrons. The van der Waals surface area contributed by atoms with Crippen LogP contribution in [0.5, 0.6) is 0 Å². The van der Waals surface area contributed by atoms with E-state index < -0.39 is 6.09 Å². The minimum absolute atomic E-state index is 0.143. The van der Waals surface area contributed by atoms with Crippen LogP contribution in [-0.4, -0.2) is 30.1 Å². The van der Waals surface area contributed by atoms with E-state index in [1.54, 1.807) is 54.9 Å². The largest absolute Gasteiger partial charge is 0.445 e. The van der Waals surface area contributed by atoms with E-state index in [1.807, 2.05) is 11.0 Å². The first kappa shape index (κ1) is 22.3. The quantitative estimate of drug-likeness (QED) is 0.556. The average Bonchev–Trinajstić information content (AvgIpc) is 3.37. The number of anilines is 2. The fourth-order valence-electron chi connectivity index (χ4n) is 3.72. The molecule has 1 saturated heterocycles. The summed E-state index contributed by atoms with van der Waals surface area (Å²) in [4.78, 5) is 30.6. The maximum atomic E-state index is 14.5. The van der Waals surface area contributed by atoms with Crippen molar-refractivity contribution in [2.75, 3.05) is 23.3 Å². The fourth-order valence-corrected chi connectivity index (χ4v) is 3.72. The highest BCUT2D eigenvalue weighted by molar-refractivity contribution is 6.08. The van der Waals surface area contributed by atoms with Gasteiger partial charge in [-0.05, 0) is 48.7 Å². The Hall–Kier alpha value is -3.94. The van der Waals surface area contributed by atoms with Crippen LogP contribution in [0.4, 0.5) is 20.6 Å². The number of alkyl carbamates (subject to hydrolysis) is 1. The van der Waals surface area contributed by atoms with E-state index in [9.17, 15) is 14.0 Å². The Morgan fingerprint density at radius 2 is 1.79 bits per heavy atom. The summed E-state index contributed by atoms with van der Waals surface area (Å²) in [6, 6.07) is 15.2. The Kier molecular flexibility index (Phi) is 7.14. The SMILES string of the molecule is O=C(NCc1ccc(NC(=O)c2cccc(F)c2N2CCCC2)cc1)OCc1cccnc1. The number of benzene rings is 2. The first-order chi connectivity index (χ1) is 16.1. The summed E-state index contributed by atoms with van der Waals surface area (Å²) < 4.78 is 19.6. The summed E-state index contributed by atoms with van der Waals surface area (Å²) in [6.45, 7) is 1.91. The molecule has 4 rings (SSSR count). The third-order valence-electron chi connectivity index (χ3n) is 5.40. The van der Waals surface area contributed by atoms with Crippen LogP contribution in [0.1, 0.15) is 34.3 Å². The van der Waals surface area contributed by atoms with E-state index in [2.05, 4.69) is 15.6 Å². The lowest BCUT2D eigenvalue weighted by Crippen LogP contribution is -2.24. The van der Waals surface area contributed by atoms with Crippen LogP contribution in [0, 0.1) is 5.82 Å². The average molecular weight is 448 g/mol. The molecule has 2 aromatic carbocycles. The number of nitrogens with one attached hydrogen (secondary N) is 2. The number of carbonyl (C=O) groups is 2. The van der Waals surface area contributed by atoms with Gasteiger partial charge in [-0.1, -0.05) is 24.3 Å². The molecule has 1 aromatic heterocycles. The van der Waals surface area contributed by atoms with Crippen LogP contribution in [0.2, 0.25) is 0 Å². The molecule has 1 fully saturated rings. The van der Waals surface area contributed by atoms with Gasteiger partial charge in [-0.25, -0.2) is 9.18 Å². The maximum absolute atomic E-state index is 14.5. The summed E-state index contributed by atoms with van der Waals surface area (Å²) in [7, 11) is 0. The van der Waals surface area contributed by atoms with Gasteiger partial charge >= 0.3 is 6.09 Å². The molecule has 0 aliphatic carbocycles. The summed E-state index contributed by atoms with van der Waals surface area (Å²) >= 11 is 0. The van der Waals surface area contributed by atoms with Crippen molar-refractivity contribution in [3.63, 3.8) is 0 Å². The Bertz CT molecular complexity index is 1100. The van der Waals surface area contributed by atoms with Crippen LogP contribution >= 0.6 is 0 Å². The number of nitrogens with zero attached hydrogens (tertiary/aromatic N) is 2. The first-order valence-corrected chi connectivity index (χ1v) is 10.8. The summed E-state index contributed by atoms with van der Waals surface area (Å²) in [6.07, 6.45) is 4.74. The van der Waals surface area contributed by atoms with E-state index in [4.69, 9.17) is 4.74 Å². The highest BCUT2D eigenvalue weighted by atomic mass is 19.1. The predicted molar refractivity (Wildman–Crippen MR) is 124 cm³/mol. The number of carbonyl (C=O) groups excluding carboxylic acids is 2. The summed E-state index contributed by atoms with van der Waals surface area (Å²) in [5.41, 5.74) is 2.91. The van der Waals surface area contributed by atoms with Gasteiger partial charge in [0.15, 0.2) is 0 Å². The van der Waals surface area contributed by atoms with Gasteiger partial charge in [0.1, 0.15) is 12.4 Å². The number of hydrogen-bond donors (Lipinski definition) is 2. The topological polar surface area (TPSA) is 83.6 Å². The molecule has 1 aliphatic heterocycles. The molecule has 3 aromatic rings. The highest BCUT2D eigenvalue weighted by Crippen LogP contribution is 2.28. The van der Waals surface area contributed by atoms with Crippen LogP contribution in [0.15, 0.2) is 67.0 Å².